The number of anilines is 1. The fourth-order valence-electron chi connectivity index (χ4n) is 3.60. The van der Waals surface area contributed by atoms with Crippen molar-refractivity contribution in [3.63, 3.8) is 0 Å². The average molecular weight is 316 g/mol. The molecule has 2 atom stereocenters. The van der Waals surface area contributed by atoms with E-state index in [-0.39, 0.29) is 11.8 Å². The Morgan fingerprint density at radius 1 is 1.43 bits per heavy atom. The molecule has 9 nitrogen and oxygen atoms in total. The van der Waals surface area contributed by atoms with E-state index in [9.17, 15) is 9.59 Å². The van der Waals surface area contributed by atoms with Crippen molar-refractivity contribution in [2.75, 3.05) is 11.9 Å². The van der Waals surface area contributed by atoms with Crippen LogP contribution in [-0.2, 0) is 4.79 Å². The van der Waals surface area contributed by atoms with Crippen LogP contribution in [0.4, 0.5) is 10.6 Å². The highest BCUT2D eigenvalue weighted by atomic mass is 16.5. The molecule has 2 aromatic heterocycles. The smallest absolute Gasteiger partial charge is 0.322 e. The number of fused-ring (bicyclic) bond motifs is 1. The van der Waals surface area contributed by atoms with Gasteiger partial charge in [-0.25, -0.2) is 9.78 Å². The van der Waals surface area contributed by atoms with Crippen LogP contribution in [0.3, 0.4) is 0 Å². The lowest BCUT2D eigenvalue weighted by Crippen LogP contribution is -2.51. The van der Waals surface area contributed by atoms with Crippen LogP contribution in [0.2, 0.25) is 0 Å². The molecule has 0 bridgehead atoms. The highest BCUT2D eigenvalue weighted by Crippen LogP contribution is 2.38. The van der Waals surface area contributed by atoms with Gasteiger partial charge in [-0.2, -0.15) is 4.98 Å². The Morgan fingerprint density at radius 3 is 3.09 bits per heavy atom. The van der Waals surface area contributed by atoms with Gasteiger partial charge in [0.15, 0.2) is 0 Å². The van der Waals surface area contributed by atoms with E-state index in [1.54, 1.807) is 0 Å². The van der Waals surface area contributed by atoms with Crippen molar-refractivity contribution in [1.29, 1.82) is 0 Å². The van der Waals surface area contributed by atoms with Gasteiger partial charge in [-0.05, 0) is 19.8 Å². The summed E-state index contributed by atoms with van der Waals surface area (Å²) in [7, 11) is 0. The van der Waals surface area contributed by atoms with E-state index in [0.29, 0.717) is 30.2 Å². The van der Waals surface area contributed by atoms with Gasteiger partial charge in [0.1, 0.15) is 23.1 Å². The molecule has 1 saturated carbocycles. The van der Waals surface area contributed by atoms with Gasteiger partial charge in [-0.15, -0.1) is 0 Å². The molecule has 2 aliphatic rings. The number of hydrogen-bond acceptors (Lipinski definition) is 7. The molecule has 120 valence electrons. The van der Waals surface area contributed by atoms with Crippen LogP contribution in [0.15, 0.2) is 10.9 Å². The van der Waals surface area contributed by atoms with Crippen LogP contribution in [-0.4, -0.2) is 39.1 Å². The molecular formula is C14H16N6O3. The molecule has 3 N–H and O–H groups in total. The maximum Gasteiger partial charge on any atom is 0.322 e. The van der Waals surface area contributed by atoms with E-state index >= 15 is 0 Å². The molecule has 3 heterocycles. The van der Waals surface area contributed by atoms with Crippen molar-refractivity contribution in [3.8, 4) is 0 Å². The number of hydrogen-bond donors (Lipinski definition) is 3. The summed E-state index contributed by atoms with van der Waals surface area (Å²) in [6, 6.07) is -0.416. The van der Waals surface area contributed by atoms with Crippen LogP contribution in [0.5, 0.6) is 0 Å². The minimum atomic E-state index is -0.806. The summed E-state index contributed by atoms with van der Waals surface area (Å²) >= 11 is 0. The highest BCUT2D eigenvalue weighted by molar-refractivity contribution is 6.07. The number of carbonyl (C=O) groups is 2. The monoisotopic (exact) mass is 316 g/mol. The maximum atomic E-state index is 12.2. The number of nitrogens with one attached hydrogen (secondary N) is 3. The van der Waals surface area contributed by atoms with Gasteiger partial charge >= 0.3 is 6.03 Å². The maximum absolute atomic E-state index is 12.2. The van der Waals surface area contributed by atoms with Gasteiger partial charge in [-0.3, -0.25) is 10.1 Å². The van der Waals surface area contributed by atoms with Crippen LogP contribution >= 0.6 is 0 Å². The van der Waals surface area contributed by atoms with E-state index in [1.165, 1.54) is 6.33 Å². The molecule has 1 aliphatic carbocycles. The first kappa shape index (κ1) is 13.9. The largest absolute Gasteiger partial charge is 0.369 e. The van der Waals surface area contributed by atoms with Crippen LogP contribution in [0, 0.1) is 12.8 Å². The molecule has 1 saturated heterocycles. The first-order chi connectivity index (χ1) is 11.1. The fraction of sp³-hybridized carbons (Fsp3) is 0.500. The van der Waals surface area contributed by atoms with Crippen LogP contribution in [0.1, 0.15) is 25.0 Å². The highest BCUT2D eigenvalue weighted by Gasteiger charge is 2.54. The number of nitrogens with zero attached hydrogens (tertiary/aromatic N) is 3. The second kappa shape index (κ2) is 4.90. The van der Waals surface area contributed by atoms with Crippen molar-refractivity contribution in [1.82, 2.24) is 25.8 Å². The van der Waals surface area contributed by atoms with E-state index in [2.05, 4.69) is 31.1 Å². The molecular weight excluding hydrogens is 300 g/mol. The normalized spacial score (nSPS) is 26.7. The van der Waals surface area contributed by atoms with Crippen molar-refractivity contribution < 1.29 is 14.1 Å². The second-order valence-electron chi connectivity index (χ2n) is 6.02. The van der Waals surface area contributed by atoms with Crippen molar-refractivity contribution in [3.05, 3.63) is 12.0 Å². The predicted octanol–water partition coefficient (Wildman–Crippen LogP) is 0.716. The fourth-order valence-corrected chi connectivity index (χ4v) is 3.60. The number of amides is 3. The summed E-state index contributed by atoms with van der Waals surface area (Å²) in [6.45, 7) is 2.34. The van der Waals surface area contributed by atoms with E-state index in [0.717, 1.165) is 18.2 Å². The third-order valence-electron chi connectivity index (χ3n) is 4.75. The summed E-state index contributed by atoms with van der Waals surface area (Å²) in [5, 5.41) is 13.0. The Labute approximate surface area is 131 Å². The molecule has 0 radical (unpaired) electrons. The standard InChI is InChI=1S/C14H16N6O3/c1-7-9-10(16-6-17-11(9)23-20-7)15-5-8-3-2-4-14(8)12(21)18-13(22)19-14/h6,8H,2-5H2,1H3,(H,15,16,17)(H2,18,19,21,22). The van der Waals surface area contributed by atoms with E-state index < -0.39 is 11.6 Å². The molecule has 2 unspecified atom stereocenters. The zero-order chi connectivity index (χ0) is 16.0. The van der Waals surface area contributed by atoms with Crippen LogP contribution in [0.25, 0.3) is 11.1 Å². The third-order valence-corrected chi connectivity index (χ3v) is 4.75. The van der Waals surface area contributed by atoms with Gasteiger partial charge in [0.25, 0.3) is 11.6 Å². The number of imide groups is 1. The Hall–Kier alpha value is -2.71. The van der Waals surface area contributed by atoms with Crippen LogP contribution < -0.4 is 16.0 Å². The summed E-state index contributed by atoms with van der Waals surface area (Å²) < 4.78 is 5.12. The summed E-state index contributed by atoms with van der Waals surface area (Å²) in [5.74, 6) is 0.389. The molecule has 1 spiro atoms. The zero-order valence-corrected chi connectivity index (χ0v) is 12.5. The number of rotatable bonds is 3. The zero-order valence-electron chi connectivity index (χ0n) is 12.5. The predicted molar refractivity (Wildman–Crippen MR) is 79.6 cm³/mol. The van der Waals surface area contributed by atoms with E-state index in [4.69, 9.17) is 4.52 Å². The number of aromatic nitrogens is 3. The first-order valence-electron chi connectivity index (χ1n) is 7.54. The molecule has 2 fully saturated rings. The van der Waals surface area contributed by atoms with Gasteiger partial charge in [-0.1, -0.05) is 11.6 Å². The molecule has 3 amide bonds. The Kier molecular flexibility index (Phi) is 2.97. The van der Waals surface area contributed by atoms with Gasteiger partial charge in [0.2, 0.25) is 0 Å². The molecule has 2 aromatic rings. The summed E-state index contributed by atoms with van der Waals surface area (Å²) in [5.41, 5.74) is 0.323. The lowest BCUT2D eigenvalue weighted by atomic mass is 9.87. The molecule has 9 heteroatoms. The van der Waals surface area contributed by atoms with Gasteiger partial charge < -0.3 is 15.2 Å². The number of aryl methyl sites for hydroxylation is 1. The molecule has 1 aliphatic heterocycles. The lowest BCUT2D eigenvalue weighted by Gasteiger charge is -2.28. The first-order valence-corrected chi connectivity index (χ1v) is 7.54. The third kappa shape index (κ3) is 2.03. The number of urea groups is 1. The average Bonchev–Trinajstić information content (AvgIpc) is 3.18. The molecule has 0 aromatic carbocycles. The minimum absolute atomic E-state index is 0.000804. The van der Waals surface area contributed by atoms with Gasteiger partial charge in [0, 0.05) is 12.5 Å². The quantitative estimate of drug-likeness (QED) is 0.713. The van der Waals surface area contributed by atoms with E-state index in [1.807, 2.05) is 6.92 Å². The Balaban J connectivity index is 1.57. The lowest BCUT2D eigenvalue weighted by molar-refractivity contribution is -0.125. The second-order valence-corrected chi connectivity index (χ2v) is 6.02. The topological polar surface area (TPSA) is 122 Å². The Bertz CT molecular complexity index is 803. The van der Waals surface area contributed by atoms with Crippen molar-refractivity contribution >= 4 is 28.9 Å². The number of carbonyl (C=O) groups excluding carboxylic acids is 2. The van der Waals surface area contributed by atoms with Crippen molar-refractivity contribution in [2.45, 2.75) is 31.7 Å². The molecule has 4 rings (SSSR count). The van der Waals surface area contributed by atoms with Gasteiger partial charge in [0.05, 0.1) is 5.69 Å². The van der Waals surface area contributed by atoms with Crippen molar-refractivity contribution in [2.24, 2.45) is 5.92 Å². The Morgan fingerprint density at radius 2 is 2.30 bits per heavy atom. The summed E-state index contributed by atoms with van der Waals surface area (Å²) in [6.07, 6.45) is 3.81. The molecule has 23 heavy (non-hydrogen) atoms. The SMILES string of the molecule is Cc1noc2ncnc(NCC3CCCC34NC(=O)NC4=O)c12. The summed E-state index contributed by atoms with van der Waals surface area (Å²) in [4.78, 5) is 32.0. The minimum Gasteiger partial charge on any atom is -0.369 e.